The molecule has 1 aromatic heterocycles. The molecule has 0 bridgehead atoms. The third-order valence-corrected chi connectivity index (χ3v) is 4.38. The molecule has 122 valence electrons. The van der Waals surface area contributed by atoms with Gasteiger partial charge in [-0.15, -0.1) is 11.3 Å². The van der Waals surface area contributed by atoms with Crippen LogP contribution in [-0.2, 0) is 0 Å². The fourth-order valence-electron chi connectivity index (χ4n) is 2.02. The summed E-state index contributed by atoms with van der Waals surface area (Å²) in [5.41, 5.74) is 1.15. The first kappa shape index (κ1) is 16.4. The number of methoxy groups -OCH3 is 1. The van der Waals surface area contributed by atoms with Gasteiger partial charge in [-0.3, -0.25) is 4.79 Å². The first-order chi connectivity index (χ1) is 11.6. The maximum absolute atomic E-state index is 13.7. The molecule has 7 heteroatoms. The minimum atomic E-state index is -0.596. The number of halogens is 2. The Morgan fingerprint density at radius 3 is 2.67 bits per heavy atom. The summed E-state index contributed by atoms with van der Waals surface area (Å²) in [7, 11) is 1.59. The van der Waals surface area contributed by atoms with Crippen LogP contribution in [0.15, 0.2) is 47.8 Å². The lowest BCUT2D eigenvalue weighted by molar-refractivity contribution is 0.102. The van der Waals surface area contributed by atoms with E-state index in [2.05, 4.69) is 10.3 Å². The van der Waals surface area contributed by atoms with Crippen LogP contribution >= 0.6 is 22.9 Å². The van der Waals surface area contributed by atoms with Gasteiger partial charge in [-0.1, -0.05) is 11.6 Å². The number of rotatable bonds is 4. The van der Waals surface area contributed by atoms with Crippen LogP contribution in [0.4, 0.5) is 10.1 Å². The van der Waals surface area contributed by atoms with Crippen LogP contribution in [0.1, 0.15) is 10.5 Å². The average molecular weight is 363 g/mol. The van der Waals surface area contributed by atoms with E-state index in [0.717, 1.165) is 17.4 Å². The van der Waals surface area contributed by atoms with Gasteiger partial charge in [0.2, 0.25) is 0 Å². The molecular weight excluding hydrogens is 351 g/mol. The zero-order valence-corrected chi connectivity index (χ0v) is 14.1. The van der Waals surface area contributed by atoms with Gasteiger partial charge < -0.3 is 10.1 Å². The van der Waals surface area contributed by atoms with E-state index in [-0.39, 0.29) is 16.4 Å². The standard InChI is InChI=1S/C17H12ClFN2O2S/c1-23-12-5-2-10(3-6-12)17-21-15(9-24-17)16(22)20-14-7-4-11(18)8-13(14)19/h2-9H,1H3,(H,20,22). The molecule has 3 rings (SSSR count). The molecule has 24 heavy (non-hydrogen) atoms. The lowest BCUT2D eigenvalue weighted by atomic mass is 10.2. The zero-order chi connectivity index (χ0) is 17.1. The van der Waals surface area contributed by atoms with Crippen LogP contribution in [0.2, 0.25) is 5.02 Å². The Morgan fingerprint density at radius 2 is 2.00 bits per heavy atom. The van der Waals surface area contributed by atoms with Gasteiger partial charge in [0.25, 0.3) is 5.91 Å². The minimum Gasteiger partial charge on any atom is -0.497 e. The highest BCUT2D eigenvalue weighted by Gasteiger charge is 2.14. The van der Waals surface area contributed by atoms with Crippen LogP contribution in [0.5, 0.6) is 5.75 Å². The third kappa shape index (κ3) is 3.55. The lowest BCUT2D eigenvalue weighted by Gasteiger charge is -2.04. The van der Waals surface area contributed by atoms with Crippen molar-refractivity contribution in [1.82, 2.24) is 4.98 Å². The highest BCUT2D eigenvalue weighted by Crippen LogP contribution is 2.26. The van der Waals surface area contributed by atoms with Gasteiger partial charge in [-0.25, -0.2) is 9.37 Å². The number of anilines is 1. The quantitative estimate of drug-likeness (QED) is 0.720. The Bertz CT molecular complexity index is 881. The number of amides is 1. The van der Waals surface area contributed by atoms with Crippen molar-refractivity contribution < 1.29 is 13.9 Å². The van der Waals surface area contributed by atoms with E-state index in [1.165, 1.54) is 23.5 Å². The molecule has 0 unspecified atom stereocenters. The van der Waals surface area contributed by atoms with E-state index in [0.29, 0.717) is 5.01 Å². The van der Waals surface area contributed by atoms with Crippen molar-refractivity contribution in [3.8, 4) is 16.3 Å². The fourth-order valence-corrected chi connectivity index (χ4v) is 2.99. The maximum atomic E-state index is 13.7. The van der Waals surface area contributed by atoms with Crippen molar-refractivity contribution in [2.75, 3.05) is 12.4 Å². The van der Waals surface area contributed by atoms with Gasteiger partial charge in [0.15, 0.2) is 0 Å². The molecule has 1 amide bonds. The molecule has 0 radical (unpaired) electrons. The molecule has 0 saturated carbocycles. The van der Waals surface area contributed by atoms with Gasteiger partial charge in [-0.05, 0) is 42.5 Å². The van der Waals surface area contributed by atoms with Crippen molar-refractivity contribution in [3.05, 3.63) is 64.4 Å². The number of aromatic nitrogens is 1. The highest BCUT2D eigenvalue weighted by molar-refractivity contribution is 7.13. The van der Waals surface area contributed by atoms with Crippen LogP contribution in [0.25, 0.3) is 10.6 Å². The van der Waals surface area contributed by atoms with Crippen LogP contribution in [0, 0.1) is 5.82 Å². The van der Waals surface area contributed by atoms with E-state index < -0.39 is 11.7 Å². The van der Waals surface area contributed by atoms with Gasteiger partial charge in [-0.2, -0.15) is 0 Å². The predicted molar refractivity (Wildman–Crippen MR) is 93.5 cm³/mol. The summed E-state index contributed by atoms with van der Waals surface area (Å²) in [6.07, 6.45) is 0. The molecule has 2 aromatic carbocycles. The summed E-state index contributed by atoms with van der Waals surface area (Å²) >= 11 is 7.02. The number of hydrogen-bond acceptors (Lipinski definition) is 4. The Labute approximate surface area is 146 Å². The molecule has 1 heterocycles. The van der Waals surface area contributed by atoms with Gasteiger partial charge in [0, 0.05) is 16.0 Å². The Morgan fingerprint density at radius 1 is 1.25 bits per heavy atom. The normalized spacial score (nSPS) is 10.5. The monoisotopic (exact) mass is 362 g/mol. The summed E-state index contributed by atoms with van der Waals surface area (Å²) in [5.74, 6) is -0.333. The number of thiazole rings is 1. The second kappa shape index (κ2) is 6.98. The van der Waals surface area contributed by atoms with Gasteiger partial charge in [0.1, 0.15) is 22.3 Å². The van der Waals surface area contributed by atoms with Crippen molar-refractivity contribution in [2.45, 2.75) is 0 Å². The lowest BCUT2D eigenvalue weighted by Crippen LogP contribution is -2.13. The van der Waals surface area contributed by atoms with Crippen LogP contribution < -0.4 is 10.1 Å². The largest absolute Gasteiger partial charge is 0.497 e. The van der Waals surface area contributed by atoms with E-state index in [1.54, 1.807) is 12.5 Å². The van der Waals surface area contributed by atoms with Gasteiger partial charge >= 0.3 is 0 Å². The molecule has 1 N–H and O–H groups in total. The van der Waals surface area contributed by atoms with E-state index in [4.69, 9.17) is 16.3 Å². The summed E-state index contributed by atoms with van der Waals surface area (Å²) < 4.78 is 18.8. The molecule has 0 saturated heterocycles. The first-order valence-electron chi connectivity index (χ1n) is 6.93. The molecular formula is C17H12ClFN2O2S. The Hall–Kier alpha value is -2.44. The SMILES string of the molecule is COc1ccc(-c2nc(C(=O)Nc3ccc(Cl)cc3F)cs2)cc1. The van der Waals surface area contributed by atoms with Crippen molar-refractivity contribution >= 4 is 34.5 Å². The summed E-state index contributed by atoms with van der Waals surface area (Å²) in [4.78, 5) is 16.5. The second-order valence-corrected chi connectivity index (χ2v) is 6.14. The predicted octanol–water partition coefficient (Wildman–Crippen LogP) is 4.86. The minimum absolute atomic E-state index is 0.0587. The molecule has 0 fully saturated rings. The Kier molecular flexibility index (Phi) is 4.78. The summed E-state index contributed by atoms with van der Waals surface area (Å²) in [6, 6.07) is 11.4. The number of ether oxygens (including phenoxy) is 1. The van der Waals surface area contributed by atoms with Crippen molar-refractivity contribution in [3.63, 3.8) is 0 Å². The average Bonchev–Trinajstić information content (AvgIpc) is 3.07. The number of nitrogens with zero attached hydrogens (tertiary/aromatic N) is 1. The third-order valence-electron chi connectivity index (χ3n) is 3.25. The second-order valence-electron chi connectivity index (χ2n) is 4.84. The van der Waals surface area contributed by atoms with Crippen molar-refractivity contribution in [2.24, 2.45) is 0 Å². The number of carbonyl (C=O) groups is 1. The van der Waals surface area contributed by atoms with E-state index >= 15 is 0 Å². The number of nitrogens with one attached hydrogen (secondary N) is 1. The van der Waals surface area contributed by atoms with Crippen LogP contribution in [0.3, 0.4) is 0 Å². The summed E-state index contributed by atoms with van der Waals surface area (Å²) in [6.45, 7) is 0. The van der Waals surface area contributed by atoms with Gasteiger partial charge in [0.05, 0.1) is 12.8 Å². The maximum Gasteiger partial charge on any atom is 0.275 e. The molecule has 0 aliphatic heterocycles. The molecule has 3 aromatic rings. The Balaban J connectivity index is 1.77. The fraction of sp³-hybridized carbons (Fsp3) is 0.0588. The topological polar surface area (TPSA) is 51.2 Å². The molecule has 0 atom stereocenters. The number of benzene rings is 2. The molecule has 4 nitrogen and oxygen atoms in total. The molecule has 0 spiro atoms. The highest BCUT2D eigenvalue weighted by atomic mass is 35.5. The van der Waals surface area contributed by atoms with E-state index in [9.17, 15) is 9.18 Å². The smallest absolute Gasteiger partial charge is 0.275 e. The molecule has 0 aliphatic rings. The van der Waals surface area contributed by atoms with Crippen molar-refractivity contribution in [1.29, 1.82) is 0 Å². The zero-order valence-electron chi connectivity index (χ0n) is 12.5. The number of hydrogen-bond donors (Lipinski definition) is 1. The molecule has 0 aliphatic carbocycles. The summed E-state index contributed by atoms with van der Waals surface area (Å²) in [5, 5.41) is 5.07. The van der Waals surface area contributed by atoms with Crippen LogP contribution in [-0.4, -0.2) is 18.0 Å². The number of carbonyl (C=O) groups excluding carboxylic acids is 1. The van der Waals surface area contributed by atoms with E-state index in [1.807, 2.05) is 24.3 Å². The first-order valence-corrected chi connectivity index (χ1v) is 8.19.